The lowest BCUT2D eigenvalue weighted by Gasteiger charge is -2.26. The molecule has 0 saturated heterocycles. The molecular formula is C26H24ClN3O5. The molecule has 4 aromatic rings. The second-order valence-corrected chi connectivity index (χ2v) is 8.45. The maximum atomic E-state index is 13.6. The molecule has 0 aliphatic carbocycles. The highest BCUT2D eigenvalue weighted by molar-refractivity contribution is 6.31. The molecule has 1 unspecified atom stereocenters. The summed E-state index contributed by atoms with van der Waals surface area (Å²) in [5.74, 6) is 1.64. The summed E-state index contributed by atoms with van der Waals surface area (Å²) in [7, 11) is 0. The Morgan fingerprint density at radius 2 is 1.91 bits per heavy atom. The first-order chi connectivity index (χ1) is 17.0. The lowest BCUT2D eigenvalue weighted by Crippen LogP contribution is -2.29. The molecule has 2 aromatic carbocycles. The van der Waals surface area contributed by atoms with E-state index in [9.17, 15) is 9.90 Å². The lowest BCUT2D eigenvalue weighted by atomic mass is 9.95. The van der Waals surface area contributed by atoms with Gasteiger partial charge in [0.2, 0.25) is 0 Å². The fraction of sp³-hybridized carbons (Fsp3) is 0.231. The number of benzene rings is 2. The normalized spacial score (nSPS) is 14.9. The van der Waals surface area contributed by atoms with Crippen LogP contribution in [0.3, 0.4) is 0 Å². The molecule has 1 aliphatic heterocycles. The van der Waals surface area contributed by atoms with Gasteiger partial charge in [0.15, 0.2) is 11.5 Å². The summed E-state index contributed by atoms with van der Waals surface area (Å²) in [6.45, 7) is 5.01. The quantitative estimate of drug-likeness (QED) is 0.332. The molecule has 0 fully saturated rings. The molecule has 3 heterocycles. The first-order valence-electron chi connectivity index (χ1n) is 11.3. The van der Waals surface area contributed by atoms with Crippen LogP contribution in [0.5, 0.6) is 17.2 Å². The van der Waals surface area contributed by atoms with Gasteiger partial charge in [0, 0.05) is 16.1 Å². The minimum absolute atomic E-state index is 0.0149. The number of H-pyrrole nitrogens is 1. The Labute approximate surface area is 207 Å². The van der Waals surface area contributed by atoms with Crippen molar-refractivity contribution in [2.24, 2.45) is 0 Å². The number of aromatic amines is 1. The summed E-state index contributed by atoms with van der Waals surface area (Å²) in [5.41, 5.74) is 2.68. The molecule has 0 spiro atoms. The van der Waals surface area contributed by atoms with Gasteiger partial charge >= 0.3 is 0 Å². The zero-order valence-electron chi connectivity index (χ0n) is 19.2. The Morgan fingerprint density at radius 1 is 1.11 bits per heavy atom. The number of nitrogens with one attached hydrogen (secondary N) is 1. The first-order valence-corrected chi connectivity index (χ1v) is 11.7. The van der Waals surface area contributed by atoms with Gasteiger partial charge in [-0.05, 0) is 61.9 Å². The number of rotatable bonds is 8. The second kappa shape index (κ2) is 9.38. The number of phenols is 1. The molecule has 35 heavy (non-hydrogen) atoms. The smallest absolute Gasteiger partial charge is 0.273 e. The maximum absolute atomic E-state index is 13.6. The standard InChI is InChI=1S/C26H24ClN3O5/c1-3-33-20-10-7-15(12-21(20)34-4-2)25-22-23(18-13-16(27)8-9-19(18)31)28-29-24(22)26(32)30(25)14-17-6-5-11-35-17/h5-13,25,31H,3-4,14H2,1-2H3,(H,28,29). The molecule has 180 valence electrons. The highest BCUT2D eigenvalue weighted by Crippen LogP contribution is 2.46. The number of halogens is 1. The van der Waals surface area contributed by atoms with Crippen molar-refractivity contribution >= 4 is 17.5 Å². The van der Waals surface area contributed by atoms with Gasteiger partial charge in [-0.15, -0.1) is 0 Å². The number of hydrogen-bond donors (Lipinski definition) is 2. The Morgan fingerprint density at radius 3 is 2.66 bits per heavy atom. The molecule has 1 amide bonds. The van der Waals surface area contributed by atoms with Crippen LogP contribution in [0.1, 0.15) is 47.3 Å². The monoisotopic (exact) mass is 493 g/mol. The number of phenolic OH excluding ortho intramolecular Hbond substituents is 1. The van der Waals surface area contributed by atoms with Crippen molar-refractivity contribution in [3.05, 3.63) is 82.4 Å². The fourth-order valence-electron chi connectivity index (χ4n) is 4.42. The molecule has 2 aromatic heterocycles. The summed E-state index contributed by atoms with van der Waals surface area (Å²) >= 11 is 6.22. The zero-order valence-corrected chi connectivity index (χ0v) is 20.0. The number of fused-ring (bicyclic) bond motifs is 1. The highest BCUT2D eigenvalue weighted by Gasteiger charge is 2.43. The van der Waals surface area contributed by atoms with Crippen LogP contribution in [0.4, 0.5) is 0 Å². The van der Waals surface area contributed by atoms with Gasteiger partial charge in [-0.25, -0.2) is 0 Å². The van der Waals surface area contributed by atoms with Crippen LogP contribution >= 0.6 is 11.6 Å². The maximum Gasteiger partial charge on any atom is 0.273 e. The SMILES string of the molecule is CCOc1ccc(C2c3c(-c4cc(Cl)ccc4O)n[nH]c3C(=O)N2Cc2ccco2)cc1OCC. The van der Waals surface area contributed by atoms with Gasteiger partial charge in [0.25, 0.3) is 5.91 Å². The predicted molar refractivity (Wildman–Crippen MR) is 130 cm³/mol. The van der Waals surface area contributed by atoms with Crippen LogP contribution in [0.2, 0.25) is 5.02 Å². The van der Waals surface area contributed by atoms with E-state index >= 15 is 0 Å². The number of furan rings is 1. The van der Waals surface area contributed by atoms with Crippen LogP contribution in [-0.2, 0) is 6.54 Å². The molecule has 0 bridgehead atoms. The summed E-state index contributed by atoms with van der Waals surface area (Å²) in [5, 5.41) is 18.3. The number of aromatic nitrogens is 2. The van der Waals surface area contributed by atoms with Gasteiger partial charge in [-0.2, -0.15) is 5.10 Å². The van der Waals surface area contributed by atoms with Crippen molar-refractivity contribution in [2.75, 3.05) is 13.2 Å². The number of ether oxygens (including phenoxy) is 2. The molecule has 1 aliphatic rings. The molecule has 0 saturated carbocycles. The molecule has 1 atom stereocenters. The third kappa shape index (κ3) is 4.10. The van der Waals surface area contributed by atoms with E-state index in [-0.39, 0.29) is 18.2 Å². The van der Waals surface area contributed by atoms with Gasteiger partial charge < -0.3 is 23.9 Å². The van der Waals surface area contributed by atoms with Gasteiger partial charge in [-0.1, -0.05) is 17.7 Å². The van der Waals surface area contributed by atoms with E-state index < -0.39 is 6.04 Å². The number of nitrogens with zero attached hydrogens (tertiary/aromatic N) is 2. The van der Waals surface area contributed by atoms with E-state index in [1.807, 2.05) is 38.1 Å². The number of hydrogen-bond acceptors (Lipinski definition) is 6. The molecule has 0 radical (unpaired) electrons. The van der Waals surface area contributed by atoms with E-state index in [1.54, 1.807) is 29.4 Å². The summed E-state index contributed by atoms with van der Waals surface area (Å²) in [6, 6.07) is 13.4. The van der Waals surface area contributed by atoms with Crippen LogP contribution in [0, 0.1) is 0 Å². The van der Waals surface area contributed by atoms with Crippen LogP contribution in [0.25, 0.3) is 11.3 Å². The van der Waals surface area contributed by atoms with E-state index in [2.05, 4.69) is 10.2 Å². The zero-order chi connectivity index (χ0) is 24.5. The van der Waals surface area contributed by atoms with E-state index in [4.69, 9.17) is 25.5 Å². The van der Waals surface area contributed by atoms with E-state index in [0.717, 1.165) is 5.56 Å². The van der Waals surface area contributed by atoms with Crippen LogP contribution in [0.15, 0.2) is 59.2 Å². The van der Waals surface area contributed by atoms with Crippen molar-refractivity contribution in [1.29, 1.82) is 0 Å². The minimum Gasteiger partial charge on any atom is -0.507 e. The number of aromatic hydroxyl groups is 1. The van der Waals surface area contributed by atoms with Crippen molar-refractivity contribution in [3.63, 3.8) is 0 Å². The number of carbonyl (C=O) groups excluding carboxylic acids is 1. The van der Waals surface area contributed by atoms with Gasteiger partial charge in [0.05, 0.1) is 32.1 Å². The van der Waals surface area contributed by atoms with Crippen molar-refractivity contribution in [3.8, 4) is 28.5 Å². The van der Waals surface area contributed by atoms with Crippen LogP contribution in [-0.4, -0.2) is 39.3 Å². The molecule has 2 N–H and O–H groups in total. The molecule has 9 heteroatoms. The lowest BCUT2D eigenvalue weighted by molar-refractivity contribution is 0.0716. The molecule has 5 rings (SSSR count). The molecule has 8 nitrogen and oxygen atoms in total. The molecular weight excluding hydrogens is 470 g/mol. The van der Waals surface area contributed by atoms with E-state index in [0.29, 0.717) is 58.0 Å². The summed E-state index contributed by atoms with van der Waals surface area (Å²) < 4.78 is 17.1. The summed E-state index contributed by atoms with van der Waals surface area (Å²) in [6.07, 6.45) is 1.57. The van der Waals surface area contributed by atoms with Gasteiger partial charge in [0.1, 0.15) is 22.9 Å². The average Bonchev–Trinajstić information content (AvgIpc) is 3.57. The largest absolute Gasteiger partial charge is 0.507 e. The predicted octanol–water partition coefficient (Wildman–Crippen LogP) is 5.57. The fourth-order valence-corrected chi connectivity index (χ4v) is 4.59. The third-order valence-electron chi connectivity index (χ3n) is 5.87. The Hall–Kier alpha value is -3.91. The Bertz CT molecular complexity index is 1370. The van der Waals surface area contributed by atoms with Crippen LogP contribution < -0.4 is 9.47 Å². The average molecular weight is 494 g/mol. The minimum atomic E-state index is -0.524. The third-order valence-corrected chi connectivity index (χ3v) is 6.10. The Balaban J connectivity index is 1.68. The summed E-state index contributed by atoms with van der Waals surface area (Å²) in [4.78, 5) is 15.3. The highest BCUT2D eigenvalue weighted by atomic mass is 35.5. The van der Waals surface area contributed by atoms with Crippen molar-refractivity contribution in [2.45, 2.75) is 26.4 Å². The van der Waals surface area contributed by atoms with E-state index in [1.165, 1.54) is 6.07 Å². The number of carbonyl (C=O) groups is 1. The Kier molecular flexibility index (Phi) is 6.13. The van der Waals surface area contributed by atoms with Crippen molar-refractivity contribution in [1.82, 2.24) is 15.1 Å². The second-order valence-electron chi connectivity index (χ2n) is 8.01. The first kappa shape index (κ1) is 22.9. The van der Waals surface area contributed by atoms with Crippen molar-refractivity contribution < 1.29 is 23.8 Å². The topological polar surface area (TPSA) is 101 Å². The number of amides is 1. The van der Waals surface area contributed by atoms with Gasteiger partial charge in [-0.3, -0.25) is 9.89 Å².